The fourth-order valence-electron chi connectivity index (χ4n) is 1.16. The first kappa shape index (κ1) is 9.45. The van der Waals surface area contributed by atoms with E-state index in [4.69, 9.17) is 5.26 Å². The topological polar surface area (TPSA) is 62.7 Å². The first-order valence-electron chi connectivity index (χ1n) is 3.76. The predicted molar refractivity (Wildman–Crippen MR) is 41.5 cm³/mol. The second kappa shape index (κ2) is 2.95. The lowest BCUT2D eigenvalue weighted by molar-refractivity contribution is -0.137. The van der Waals surface area contributed by atoms with Crippen LogP contribution in [0.4, 0.5) is 13.2 Å². The van der Waals surface area contributed by atoms with Crippen molar-refractivity contribution in [2.45, 2.75) is 6.18 Å². The Hall–Kier alpha value is -2.10. The van der Waals surface area contributed by atoms with E-state index >= 15 is 0 Å². The third-order valence-corrected chi connectivity index (χ3v) is 1.82. The molecular weight excluding hydrogens is 211 g/mol. The van der Waals surface area contributed by atoms with Crippen LogP contribution in [0.3, 0.4) is 0 Å². The molecule has 0 saturated heterocycles. The van der Waals surface area contributed by atoms with E-state index < -0.39 is 17.3 Å². The molecule has 7 heteroatoms. The molecule has 0 saturated carbocycles. The third-order valence-electron chi connectivity index (χ3n) is 1.82. The highest BCUT2D eigenvalue weighted by Gasteiger charge is 2.34. The zero-order chi connectivity index (χ0) is 11.1. The van der Waals surface area contributed by atoms with E-state index in [1.165, 1.54) is 6.07 Å². The normalized spacial score (nSPS) is 11.6. The number of aromatic nitrogens is 2. The summed E-state index contributed by atoms with van der Waals surface area (Å²) in [6, 6.07) is 3.19. The van der Waals surface area contributed by atoms with Gasteiger partial charge >= 0.3 is 6.18 Å². The van der Waals surface area contributed by atoms with Crippen molar-refractivity contribution >= 4 is 11.0 Å². The molecule has 0 spiro atoms. The van der Waals surface area contributed by atoms with Crippen LogP contribution in [-0.2, 0) is 6.18 Å². The van der Waals surface area contributed by atoms with Gasteiger partial charge in [0.1, 0.15) is 11.0 Å². The van der Waals surface area contributed by atoms with Gasteiger partial charge in [0.05, 0.1) is 17.2 Å². The van der Waals surface area contributed by atoms with Crippen LogP contribution in [0, 0.1) is 11.3 Å². The molecule has 2 rings (SSSR count). The van der Waals surface area contributed by atoms with Crippen molar-refractivity contribution in [2.75, 3.05) is 0 Å². The van der Waals surface area contributed by atoms with Gasteiger partial charge < -0.3 is 0 Å². The fraction of sp³-hybridized carbons (Fsp3) is 0.125. The van der Waals surface area contributed by atoms with Gasteiger partial charge in [-0.2, -0.15) is 18.4 Å². The molecule has 1 aromatic carbocycles. The molecule has 1 heterocycles. The Labute approximate surface area is 80.9 Å². The van der Waals surface area contributed by atoms with Crippen molar-refractivity contribution in [1.82, 2.24) is 10.3 Å². The maximum atomic E-state index is 12.4. The first-order valence-corrected chi connectivity index (χ1v) is 3.76. The maximum absolute atomic E-state index is 12.4. The van der Waals surface area contributed by atoms with Gasteiger partial charge in [-0.15, -0.1) is 0 Å². The van der Waals surface area contributed by atoms with Crippen LogP contribution in [0.1, 0.15) is 11.1 Å². The second-order valence-corrected chi connectivity index (χ2v) is 2.76. The monoisotopic (exact) mass is 213 g/mol. The summed E-state index contributed by atoms with van der Waals surface area (Å²) >= 11 is 0. The molecule has 0 unspecified atom stereocenters. The molecular formula is C8H2F3N3O. The fourth-order valence-corrected chi connectivity index (χ4v) is 1.16. The minimum atomic E-state index is -4.59. The van der Waals surface area contributed by atoms with Crippen LogP contribution in [0.15, 0.2) is 16.8 Å². The van der Waals surface area contributed by atoms with Gasteiger partial charge in [0.25, 0.3) is 0 Å². The van der Waals surface area contributed by atoms with E-state index in [2.05, 4.69) is 14.9 Å². The number of fused-ring (bicyclic) bond motifs is 1. The Kier molecular flexibility index (Phi) is 1.86. The number of alkyl halides is 3. The Morgan fingerprint density at radius 2 is 1.80 bits per heavy atom. The molecule has 4 nitrogen and oxygen atoms in total. The van der Waals surface area contributed by atoms with Gasteiger partial charge in [-0.3, -0.25) is 0 Å². The van der Waals surface area contributed by atoms with Gasteiger partial charge in [0.15, 0.2) is 0 Å². The lowest BCUT2D eigenvalue weighted by Gasteiger charge is -2.07. The summed E-state index contributed by atoms with van der Waals surface area (Å²) < 4.78 is 41.6. The SMILES string of the molecule is N#Cc1cc2nonc2cc1C(F)(F)F. The van der Waals surface area contributed by atoms with Gasteiger partial charge in [-0.25, -0.2) is 4.63 Å². The highest BCUT2D eigenvalue weighted by Crippen LogP contribution is 2.33. The number of hydrogen-bond donors (Lipinski definition) is 0. The van der Waals surface area contributed by atoms with Crippen LogP contribution in [0.2, 0.25) is 0 Å². The maximum Gasteiger partial charge on any atom is 0.417 e. The van der Waals surface area contributed by atoms with Gasteiger partial charge in [-0.1, -0.05) is 0 Å². The highest BCUT2D eigenvalue weighted by atomic mass is 19.4. The molecule has 0 bridgehead atoms. The van der Waals surface area contributed by atoms with E-state index in [0.717, 1.165) is 12.1 Å². The molecule has 0 fully saturated rings. The summed E-state index contributed by atoms with van der Waals surface area (Å²) in [7, 11) is 0. The van der Waals surface area contributed by atoms with Crippen LogP contribution < -0.4 is 0 Å². The zero-order valence-electron chi connectivity index (χ0n) is 7.04. The lowest BCUT2D eigenvalue weighted by Crippen LogP contribution is -2.07. The number of nitriles is 1. The molecule has 76 valence electrons. The van der Waals surface area contributed by atoms with Gasteiger partial charge in [0, 0.05) is 0 Å². The average Bonchev–Trinajstić information content (AvgIpc) is 2.60. The molecule has 0 aliphatic carbocycles. The predicted octanol–water partition coefficient (Wildman–Crippen LogP) is 2.11. The first-order chi connectivity index (χ1) is 7.02. The number of hydrogen-bond acceptors (Lipinski definition) is 4. The van der Waals surface area contributed by atoms with E-state index in [1.807, 2.05) is 0 Å². The van der Waals surface area contributed by atoms with Crippen molar-refractivity contribution < 1.29 is 17.8 Å². The molecule has 0 radical (unpaired) electrons. The van der Waals surface area contributed by atoms with Crippen LogP contribution >= 0.6 is 0 Å². The summed E-state index contributed by atoms with van der Waals surface area (Å²) in [6.07, 6.45) is -4.59. The quantitative estimate of drug-likeness (QED) is 0.672. The third kappa shape index (κ3) is 1.50. The molecule has 1 aromatic heterocycles. The molecule has 0 N–H and O–H groups in total. The average molecular weight is 213 g/mol. The van der Waals surface area contributed by atoms with Crippen molar-refractivity contribution in [3.63, 3.8) is 0 Å². The summed E-state index contributed by atoms with van der Waals surface area (Å²) in [6.45, 7) is 0. The number of benzene rings is 1. The molecule has 0 aliphatic heterocycles. The molecule has 2 aromatic rings. The molecule has 0 amide bonds. The minimum Gasteiger partial charge on any atom is -0.243 e. The van der Waals surface area contributed by atoms with E-state index in [9.17, 15) is 13.2 Å². The van der Waals surface area contributed by atoms with Gasteiger partial charge in [-0.05, 0) is 22.4 Å². The summed E-state index contributed by atoms with van der Waals surface area (Å²) in [5.41, 5.74) is -1.43. The van der Waals surface area contributed by atoms with Crippen LogP contribution in [-0.4, -0.2) is 10.3 Å². The number of halogens is 3. The second-order valence-electron chi connectivity index (χ2n) is 2.76. The Morgan fingerprint density at radius 3 is 2.33 bits per heavy atom. The minimum absolute atomic E-state index is 0.0266. The Bertz CT molecular complexity index is 552. The van der Waals surface area contributed by atoms with E-state index in [0.29, 0.717) is 0 Å². The van der Waals surface area contributed by atoms with E-state index in [1.54, 1.807) is 0 Å². The zero-order valence-corrected chi connectivity index (χ0v) is 7.04. The smallest absolute Gasteiger partial charge is 0.243 e. The van der Waals surface area contributed by atoms with Crippen LogP contribution in [0.5, 0.6) is 0 Å². The largest absolute Gasteiger partial charge is 0.417 e. The van der Waals surface area contributed by atoms with Crippen molar-refractivity contribution in [3.05, 3.63) is 23.3 Å². The highest BCUT2D eigenvalue weighted by molar-refractivity contribution is 5.76. The summed E-state index contributed by atoms with van der Waals surface area (Å²) in [5.74, 6) is 0. The van der Waals surface area contributed by atoms with Crippen molar-refractivity contribution in [3.8, 4) is 6.07 Å². The molecule has 15 heavy (non-hydrogen) atoms. The summed E-state index contributed by atoms with van der Waals surface area (Å²) in [5, 5.41) is 15.2. The van der Waals surface area contributed by atoms with E-state index in [-0.39, 0.29) is 11.0 Å². The molecule has 0 atom stereocenters. The number of rotatable bonds is 0. The van der Waals surface area contributed by atoms with Crippen molar-refractivity contribution in [1.29, 1.82) is 5.26 Å². The van der Waals surface area contributed by atoms with Gasteiger partial charge in [0.2, 0.25) is 0 Å². The summed E-state index contributed by atoms with van der Waals surface area (Å²) in [4.78, 5) is 0. The van der Waals surface area contributed by atoms with Crippen molar-refractivity contribution in [2.24, 2.45) is 0 Å². The Morgan fingerprint density at radius 1 is 1.20 bits per heavy atom. The number of nitrogens with zero attached hydrogens (tertiary/aromatic N) is 3. The lowest BCUT2D eigenvalue weighted by atomic mass is 10.1. The standard InChI is InChI=1S/C8H2F3N3O/c9-8(10,11)5-2-7-6(13-15-14-7)1-4(5)3-12/h1-2H. The van der Waals surface area contributed by atoms with Crippen LogP contribution in [0.25, 0.3) is 11.0 Å². The molecule has 0 aliphatic rings. The Balaban J connectivity index is 2.77.